The van der Waals surface area contributed by atoms with Crippen molar-refractivity contribution in [2.75, 3.05) is 13.2 Å². The molecule has 6 nitrogen and oxygen atoms in total. The summed E-state index contributed by atoms with van der Waals surface area (Å²) in [6.07, 6.45) is 8.65. The highest BCUT2D eigenvalue weighted by atomic mass is 127. The SMILES string of the molecule is CCNC(=NCc1ncc(C(C)(C)C)o1)NC1C2CCOC2C12CCCC2.I. The van der Waals surface area contributed by atoms with Gasteiger partial charge in [-0.25, -0.2) is 9.98 Å². The molecule has 2 saturated carbocycles. The number of hydrogen-bond acceptors (Lipinski definition) is 4. The van der Waals surface area contributed by atoms with Crippen LogP contribution in [-0.4, -0.2) is 36.2 Å². The summed E-state index contributed by atoms with van der Waals surface area (Å²) in [7, 11) is 0. The van der Waals surface area contributed by atoms with Gasteiger partial charge in [-0.15, -0.1) is 24.0 Å². The van der Waals surface area contributed by atoms with E-state index in [9.17, 15) is 0 Å². The summed E-state index contributed by atoms with van der Waals surface area (Å²) >= 11 is 0. The molecule has 0 radical (unpaired) electrons. The van der Waals surface area contributed by atoms with E-state index >= 15 is 0 Å². The molecule has 0 aromatic carbocycles. The van der Waals surface area contributed by atoms with E-state index in [-0.39, 0.29) is 29.4 Å². The van der Waals surface area contributed by atoms with Crippen molar-refractivity contribution in [1.29, 1.82) is 0 Å². The lowest BCUT2D eigenvalue weighted by atomic mass is 9.54. The van der Waals surface area contributed by atoms with Crippen LogP contribution in [0, 0.1) is 11.3 Å². The van der Waals surface area contributed by atoms with E-state index in [1.165, 1.54) is 25.7 Å². The van der Waals surface area contributed by atoms with Gasteiger partial charge in [0.1, 0.15) is 12.3 Å². The van der Waals surface area contributed by atoms with Gasteiger partial charge in [0.25, 0.3) is 0 Å². The fourth-order valence-corrected chi connectivity index (χ4v) is 5.25. The number of nitrogens with zero attached hydrogens (tertiary/aromatic N) is 2. The molecule has 4 rings (SSSR count). The maximum Gasteiger partial charge on any atom is 0.216 e. The second kappa shape index (κ2) is 8.50. The summed E-state index contributed by atoms with van der Waals surface area (Å²) in [5.41, 5.74) is 0.287. The molecular formula is C21H35IN4O2. The van der Waals surface area contributed by atoms with E-state index < -0.39 is 0 Å². The number of aliphatic imine (C=N–C) groups is 1. The average molecular weight is 502 g/mol. The zero-order chi connectivity index (χ0) is 19.1. The highest BCUT2D eigenvalue weighted by molar-refractivity contribution is 14.0. The number of ether oxygens (including phenoxy) is 1. The van der Waals surface area contributed by atoms with Gasteiger partial charge in [0, 0.05) is 35.9 Å². The Hall–Kier alpha value is -0.830. The van der Waals surface area contributed by atoms with Crippen LogP contribution < -0.4 is 10.6 Å². The summed E-state index contributed by atoms with van der Waals surface area (Å²) in [5, 5.41) is 7.16. The highest BCUT2D eigenvalue weighted by Gasteiger charge is 2.65. The van der Waals surface area contributed by atoms with Crippen LogP contribution in [0.1, 0.15) is 71.5 Å². The van der Waals surface area contributed by atoms with E-state index in [0.29, 0.717) is 35.9 Å². The van der Waals surface area contributed by atoms with Crippen LogP contribution in [0.5, 0.6) is 0 Å². The zero-order valence-corrected chi connectivity index (χ0v) is 19.9. The molecule has 2 heterocycles. The summed E-state index contributed by atoms with van der Waals surface area (Å²) in [5.74, 6) is 3.07. The second-order valence-electron chi connectivity index (χ2n) is 9.37. The fourth-order valence-electron chi connectivity index (χ4n) is 5.25. The molecule has 3 atom stereocenters. The first-order valence-electron chi connectivity index (χ1n) is 10.6. The first-order chi connectivity index (χ1) is 12.9. The molecule has 1 aliphatic heterocycles. The van der Waals surface area contributed by atoms with E-state index in [0.717, 1.165) is 31.3 Å². The van der Waals surface area contributed by atoms with Crippen molar-refractivity contribution < 1.29 is 9.15 Å². The molecule has 3 fully saturated rings. The van der Waals surface area contributed by atoms with Gasteiger partial charge in [-0.1, -0.05) is 33.6 Å². The Bertz CT molecular complexity index is 691. The predicted molar refractivity (Wildman–Crippen MR) is 121 cm³/mol. The third-order valence-corrected chi connectivity index (χ3v) is 6.59. The smallest absolute Gasteiger partial charge is 0.216 e. The highest BCUT2D eigenvalue weighted by Crippen LogP contribution is 2.60. The quantitative estimate of drug-likeness (QED) is 0.370. The lowest BCUT2D eigenvalue weighted by molar-refractivity contribution is -0.125. The molecule has 1 aromatic rings. The Kier molecular flexibility index (Phi) is 6.64. The molecule has 28 heavy (non-hydrogen) atoms. The second-order valence-corrected chi connectivity index (χ2v) is 9.37. The van der Waals surface area contributed by atoms with Crippen molar-refractivity contribution in [2.24, 2.45) is 16.3 Å². The molecule has 3 aliphatic rings. The zero-order valence-electron chi connectivity index (χ0n) is 17.6. The first kappa shape index (κ1) is 21.9. The Morgan fingerprint density at radius 2 is 2.07 bits per heavy atom. The number of fused-ring (bicyclic) bond motifs is 2. The number of oxazole rings is 1. The van der Waals surface area contributed by atoms with Gasteiger partial charge in [-0.05, 0) is 26.2 Å². The molecule has 158 valence electrons. The normalized spacial score (nSPS) is 28.6. The summed E-state index contributed by atoms with van der Waals surface area (Å²) in [6.45, 7) is 10.7. The molecule has 2 N–H and O–H groups in total. The van der Waals surface area contributed by atoms with Gasteiger partial charge in [-0.3, -0.25) is 0 Å². The number of rotatable bonds is 4. The van der Waals surface area contributed by atoms with E-state index in [4.69, 9.17) is 14.1 Å². The third kappa shape index (κ3) is 3.93. The van der Waals surface area contributed by atoms with E-state index in [1.54, 1.807) is 0 Å². The summed E-state index contributed by atoms with van der Waals surface area (Å²) in [6, 6.07) is 0.472. The van der Waals surface area contributed by atoms with Crippen LogP contribution in [0.15, 0.2) is 15.6 Å². The maximum atomic E-state index is 6.10. The van der Waals surface area contributed by atoms with Gasteiger partial charge in [0.2, 0.25) is 5.89 Å². The van der Waals surface area contributed by atoms with Crippen molar-refractivity contribution >= 4 is 29.9 Å². The number of hydrogen-bond donors (Lipinski definition) is 2. The van der Waals surface area contributed by atoms with Crippen molar-refractivity contribution in [3.8, 4) is 0 Å². The Balaban J connectivity index is 0.00000225. The molecular weight excluding hydrogens is 467 g/mol. The van der Waals surface area contributed by atoms with Crippen LogP contribution in [0.2, 0.25) is 0 Å². The maximum absolute atomic E-state index is 6.10. The van der Waals surface area contributed by atoms with E-state index in [2.05, 4.69) is 43.3 Å². The minimum Gasteiger partial charge on any atom is -0.443 e. The van der Waals surface area contributed by atoms with Crippen LogP contribution in [0.4, 0.5) is 0 Å². The van der Waals surface area contributed by atoms with Crippen LogP contribution in [-0.2, 0) is 16.7 Å². The van der Waals surface area contributed by atoms with Crippen LogP contribution in [0.3, 0.4) is 0 Å². The van der Waals surface area contributed by atoms with Gasteiger partial charge < -0.3 is 19.8 Å². The van der Waals surface area contributed by atoms with Crippen molar-refractivity contribution in [3.05, 3.63) is 17.8 Å². The van der Waals surface area contributed by atoms with Crippen molar-refractivity contribution in [2.45, 2.75) is 83.9 Å². The summed E-state index contributed by atoms with van der Waals surface area (Å²) < 4.78 is 12.0. The molecule has 2 aliphatic carbocycles. The fraction of sp³-hybridized carbons (Fsp3) is 0.810. The van der Waals surface area contributed by atoms with Gasteiger partial charge >= 0.3 is 0 Å². The third-order valence-electron chi connectivity index (χ3n) is 6.59. The van der Waals surface area contributed by atoms with Gasteiger partial charge in [-0.2, -0.15) is 0 Å². The molecule has 0 bridgehead atoms. The minimum absolute atomic E-state index is 0. The largest absolute Gasteiger partial charge is 0.443 e. The predicted octanol–water partition coefficient (Wildman–Crippen LogP) is 3.99. The monoisotopic (exact) mass is 502 g/mol. The Labute approximate surface area is 185 Å². The molecule has 7 heteroatoms. The standard InChI is InChI=1S/C21H34N4O2.HI/c1-5-22-19(24-13-16-23-12-15(27-16)20(2,3)4)25-17-14-8-11-26-18(14)21(17)9-6-7-10-21;/h12,14,17-18H,5-11,13H2,1-4H3,(H2,22,24,25);1H. The number of aromatic nitrogens is 1. The Morgan fingerprint density at radius 3 is 2.71 bits per heavy atom. The summed E-state index contributed by atoms with van der Waals surface area (Å²) in [4.78, 5) is 9.17. The number of halogens is 1. The van der Waals surface area contributed by atoms with Crippen molar-refractivity contribution in [3.63, 3.8) is 0 Å². The Morgan fingerprint density at radius 1 is 1.32 bits per heavy atom. The van der Waals surface area contributed by atoms with E-state index in [1.807, 2.05) is 6.20 Å². The number of guanidine groups is 1. The minimum atomic E-state index is -0.0318. The molecule has 3 unspecified atom stereocenters. The van der Waals surface area contributed by atoms with Crippen LogP contribution >= 0.6 is 24.0 Å². The average Bonchev–Trinajstić information content (AvgIpc) is 3.36. The van der Waals surface area contributed by atoms with Gasteiger partial charge in [0.15, 0.2) is 5.96 Å². The van der Waals surface area contributed by atoms with Crippen LogP contribution in [0.25, 0.3) is 0 Å². The molecule has 0 amide bonds. The molecule has 1 spiro atoms. The molecule has 1 aromatic heterocycles. The van der Waals surface area contributed by atoms with Gasteiger partial charge in [0.05, 0.1) is 12.3 Å². The number of nitrogens with one attached hydrogen (secondary N) is 2. The van der Waals surface area contributed by atoms with Crippen molar-refractivity contribution in [1.82, 2.24) is 15.6 Å². The first-order valence-corrected chi connectivity index (χ1v) is 10.6. The lowest BCUT2D eigenvalue weighted by Gasteiger charge is -2.57. The molecule has 1 saturated heterocycles. The lowest BCUT2D eigenvalue weighted by Crippen LogP contribution is -2.69. The topological polar surface area (TPSA) is 71.7 Å².